The van der Waals surface area contributed by atoms with Gasteiger partial charge >= 0.3 is 0 Å². The molecule has 0 aromatic heterocycles. The Morgan fingerprint density at radius 3 is 0.714 bits per heavy atom. The maximum absolute atomic E-state index is 5.88. The first kappa shape index (κ1) is 41.0. The quantitative estimate of drug-likeness (QED) is 0.123. The Bertz CT molecular complexity index is 2060. The normalized spacial score (nSPS) is 11.4. The maximum Gasteiger partial charge on any atom is 0.124 e. The van der Waals surface area contributed by atoms with Crippen LogP contribution in [0.1, 0.15) is 55.6 Å². The van der Waals surface area contributed by atoms with Gasteiger partial charge in [-0.2, -0.15) is 0 Å². The van der Waals surface area contributed by atoms with Crippen LogP contribution >= 0.6 is 15.8 Å². The van der Waals surface area contributed by atoms with Crippen molar-refractivity contribution in [2.24, 2.45) is 0 Å². The number of methoxy groups -OCH3 is 4. The van der Waals surface area contributed by atoms with Crippen molar-refractivity contribution in [3.8, 4) is 34.1 Å². The van der Waals surface area contributed by atoms with Crippen LogP contribution in [0.4, 0.5) is 0 Å². The van der Waals surface area contributed by atoms with Crippen LogP contribution in [0, 0.1) is 69.2 Å². The van der Waals surface area contributed by atoms with Crippen LogP contribution in [0.2, 0.25) is 0 Å². The molecule has 0 spiro atoms. The third kappa shape index (κ3) is 7.59. The molecule has 0 aliphatic rings. The SMILES string of the molecule is COc1c(C)cc(P(c2cc(C)c(OC)c(C)c2)c2cccc(C)c2-c2c(C)cccc2P(c2cc(C)c(OC)c(C)c2)c2cc(C)c(OC)c(C)c2)cc1C. The van der Waals surface area contributed by atoms with Crippen LogP contribution in [0.5, 0.6) is 23.0 Å². The van der Waals surface area contributed by atoms with E-state index >= 15 is 0 Å². The first-order valence-electron chi connectivity index (χ1n) is 19.1. The van der Waals surface area contributed by atoms with Gasteiger partial charge in [0.05, 0.1) is 28.4 Å². The fraction of sp³-hybridized carbons (Fsp3) is 0.280. The van der Waals surface area contributed by atoms with Crippen molar-refractivity contribution >= 4 is 47.7 Å². The van der Waals surface area contributed by atoms with E-state index in [1.54, 1.807) is 28.4 Å². The van der Waals surface area contributed by atoms with Crippen molar-refractivity contribution in [3.05, 3.63) is 141 Å². The van der Waals surface area contributed by atoms with Gasteiger partial charge in [-0.15, -0.1) is 0 Å². The molecule has 0 aliphatic heterocycles. The second-order valence-corrected chi connectivity index (χ2v) is 19.4. The molecule has 0 amide bonds. The summed E-state index contributed by atoms with van der Waals surface area (Å²) in [5.74, 6) is 3.77. The number of benzene rings is 6. The molecule has 6 heteroatoms. The third-order valence-electron chi connectivity index (χ3n) is 10.9. The zero-order valence-corrected chi connectivity index (χ0v) is 37.4. The van der Waals surface area contributed by atoms with Crippen molar-refractivity contribution in [2.45, 2.75) is 69.2 Å². The summed E-state index contributed by atoms with van der Waals surface area (Å²) in [4.78, 5) is 0. The Balaban J connectivity index is 1.73. The minimum atomic E-state index is -1.03. The molecule has 0 unspecified atom stereocenters. The lowest BCUT2D eigenvalue weighted by Crippen LogP contribution is -2.28. The highest BCUT2D eigenvalue weighted by atomic mass is 31.1. The summed E-state index contributed by atoms with van der Waals surface area (Å²) in [7, 11) is 5.01. The van der Waals surface area contributed by atoms with Crippen molar-refractivity contribution < 1.29 is 18.9 Å². The Kier molecular flexibility index (Phi) is 12.3. The second kappa shape index (κ2) is 16.9. The van der Waals surface area contributed by atoms with Crippen molar-refractivity contribution in [3.63, 3.8) is 0 Å². The largest absolute Gasteiger partial charge is 0.496 e. The Morgan fingerprint density at radius 2 is 0.518 bits per heavy atom. The van der Waals surface area contributed by atoms with Gasteiger partial charge in [-0.1, -0.05) is 36.4 Å². The van der Waals surface area contributed by atoms with Gasteiger partial charge in [0.2, 0.25) is 0 Å². The molecular formula is C50H56O4P2. The van der Waals surface area contributed by atoms with E-state index in [0.717, 1.165) is 67.5 Å². The summed E-state index contributed by atoms with van der Waals surface area (Å²) in [5, 5.41) is 7.86. The molecule has 0 radical (unpaired) electrons. The molecule has 0 N–H and O–H groups in total. The number of hydrogen-bond donors (Lipinski definition) is 0. The molecular weight excluding hydrogens is 726 g/mol. The molecule has 4 nitrogen and oxygen atoms in total. The molecule has 0 saturated carbocycles. The maximum atomic E-state index is 5.88. The molecule has 0 atom stereocenters. The molecule has 0 fully saturated rings. The summed E-state index contributed by atoms with van der Waals surface area (Å²) >= 11 is 0. The number of ether oxygens (including phenoxy) is 4. The lowest BCUT2D eigenvalue weighted by atomic mass is 9.96. The molecule has 290 valence electrons. The molecule has 6 rings (SSSR count). The highest BCUT2D eigenvalue weighted by Gasteiger charge is 2.29. The van der Waals surface area contributed by atoms with Crippen LogP contribution in [0.3, 0.4) is 0 Å². The first-order valence-corrected chi connectivity index (χ1v) is 21.8. The molecule has 0 aliphatic carbocycles. The highest BCUT2D eigenvalue weighted by Crippen LogP contribution is 2.46. The van der Waals surface area contributed by atoms with E-state index in [4.69, 9.17) is 18.9 Å². The summed E-state index contributed by atoms with van der Waals surface area (Å²) in [6.45, 7) is 21.9. The van der Waals surface area contributed by atoms with Gasteiger partial charge in [0.1, 0.15) is 23.0 Å². The average molecular weight is 783 g/mol. The molecule has 56 heavy (non-hydrogen) atoms. The fourth-order valence-corrected chi connectivity index (χ4v) is 14.5. The molecule has 0 heterocycles. The van der Waals surface area contributed by atoms with E-state index in [1.807, 2.05) is 0 Å². The van der Waals surface area contributed by atoms with Crippen molar-refractivity contribution in [1.29, 1.82) is 0 Å². The molecule has 6 aromatic carbocycles. The van der Waals surface area contributed by atoms with E-state index < -0.39 is 15.8 Å². The predicted molar refractivity (Wildman–Crippen MR) is 243 cm³/mol. The van der Waals surface area contributed by atoms with Gasteiger partial charge in [0, 0.05) is 0 Å². The Labute approximate surface area is 337 Å². The van der Waals surface area contributed by atoms with E-state index in [-0.39, 0.29) is 0 Å². The zero-order chi connectivity index (χ0) is 40.6. The van der Waals surface area contributed by atoms with Crippen LogP contribution < -0.4 is 50.8 Å². The number of hydrogen-bond acceptors (Lipinski definition) is 4. The van der Waals surface area contributed by atoms with Gasteiger partial charge in [0.15, 0.2) is 0 Å². The summed E-state index contributed by atoms with van der Waals surface area (Å²) in [6.07, 6.45) is 0. The second-order valence-electron chi connectivity index (χ2n) is 15.1. The van der Waals surface area contributed by atoms with Gasteiger partial charge in [-0.05, 0) is 232 Å². The zero-order valence-electron chi connectivity index (χ0n) is 35.6. The van der Waals surface area contributed by atoms with Crippen LogP contribution in [0.15, 0.2) is 84.9 Å². The standard InChI is InChI=1S/C50H56O4P2/c1-29-17-15-19-43(55(39-21-31(3)47(51-11)32(4)22-39)40-23-33(5)48(52-12)34(6)24-40)45(29)46-30(2)18-16-20-44(46)56(41-25-35(7)49(53-13)36(8)26-41)42-27-37(9)50(54-14)38(10)28-42/h15-28H,1-14H3. The summed E-state index contributed by atoms with van der Waals surface area (Å²) in [5.41, 5.74) is 14.3. The highest BCUT2D eigenvalue weighted by molar-refractivity contribution is 7.80. The van der Waals surface area contributed by atoms with Crippen LogP contribution in [-0.4, -0.2) is 28.4 Å². The van der Waals surface area contributed by atoms with Gasteiger partial charge in [-0.25, -0.2) is 0 Å². The Hall–Kier alpha value is -4.62. The smallest absolute Gasteiger partial charge is 0.124 e. The summed E-state index contributed by atoms with van der Waals surface area (Å²) in [6, 6.07) is 32.5. The first-order chi connectivity index (χ1) is 26.7. The lowest BCUT2D eigenvalue weighted by molar-refractivity contribution is 0.408. The van der Waals surface area contributed by atoms with E-state index in [9.17, 15) is 0 Å². The third-order valence-corrected chi connectivity index (χ3v) is 15.7. The monoisotopic (exact) mass is 782 g/mol. The topological polar surface area (TPSA) is 36.9 Å². The van der Waals surface area contributed by atoms with E-state index in [2.05, 4.69) is 154 Å². The van der Waals surface area contributed by atoms with Crippen molar-refractivity contribution in [1.82, 2.24) is 0 Å². The van der Waals surface area contributed by atoms with Crippen molar-refractivity contribution in [2.75, 3.05) is 28.4 Å². The van der Waals surface area contributed by atoms with Gasteiger partial charge < -0.3 is 18.9 Å². The predicted octanol–water partition coefficient (Wildman–Crippen LogP) is 9.99. The lowest BCUT2D eigenvalue weighted by Gasteiger charge is -2.30. The van der Waals surface area contributed by atoms with Gasteiger partial charge in [-0.3, -0.25) is 0 Å². The minimum Gasteiger partial charge on any atom is -0.496 e. The molecule has 0 saturated heterocycles. The van der Waals surface area contributed by atoms with E-state index in [0.29, 0.717) is 0 Å². The molecule has 6 aromatic rings. The average Bonchev–Trinajstić information content (AvgIpc) is 3.12. The molecule has 0 bridgehead atoms. The van der Waals surface area contributed by atoms with Gasteiger partial charge in [0.25, 0.3) is 0 Å². The number of rotatable bonds is 11. The number of aryl methyl sites for hydroxylation is 10. The minimum absolute atomic E-state index is 0.942. The van der Waals surface area contributed by atoms with Crippen LogP contribution in [0.25, 0.3) is 11.1 Å². The summed E-state index contributed by atoms with van der Waals surface area (Å²) < 4.78 is 23.5. The van der Waals surface area contributed by atoms with E-state index in [1.165, 1.54) is 54.1 Å². The Morgan fingerprint density at radius 1 is 0.304 bits per heavy atom. The fourth-order valence-electron chi connectivity index (χ4n) is 8.70. The van der Waals surface area contributed by atoms with Crippen LogP contribution in [-0.2, 0) is 0 Å².